The zero-order valence-electron chi connectivity index (χ0n) is 16.2. The molecule has 4 heterocycles. The molecule has 4 rings (SSSR count). The number of likely N-dealkylation sites (tertiary alicyclic amines) is 2. The predicted octanol–water partition coefficient (Wildman–Crippen LogP) is 2.23. The van der Waals surface area contributed by atoms with Gasteiger partial charge in [-0.1, -0.05) is 0 Å². The van der Waals surface area contributed by atoms with Crippen molar-refractivity contribution >= 4 is 11.8 Å². The summed E-state index contributed by atoms with van der Waals surface area (Å²) in [5.74, 6) is 0.249. The minimum atomic E-state index is 0.0657. The van der Waals surface area contributed by atoms with Crippen molar-refractivity contribution in [3.63, 3.8) is 0 Å². The van der Waals surface area contributed by atoms with E-state index in [9.17, 15) is 9.59 Å². The van der Waals surface area contributed by atoms with E-state index in [-0.39, 0.29) is 17.2 Å². The molecule has 0 unspecified atom stereocenters. The first kappa shape index (κ1) is 18.5. The van der Waals surface area contributed by atoms with Gasteiger partial charge in [0.25, 0.3) is 5.91 Å². The first-order valence-corrected chi connectivity index (χ1v) is 9.79. The molecule has 7 heteroatoms. The molecule has 2 aliphatic rings. The molecule has 2 aliphatic heterocycles. The predicted molar refractivity (Wildman–Crippen MR) is 103 cm³/mol. The van der Waals surface area contributed by atoms with E-state index in [0.717, 1.165) is 50.3 Å². The van der Waals surface area contributed by atoms with E-state index in [0.29, 0.717) is 18.5 Å². The Hall–Kier alpha value is -2.83. The van der Waals surface area contributed by atoms with Gasteiger partial charge in [-0.15, -0.1) is 0 Å². The third-order valence-corrected chi connectivity index (χ3v) is 5.97. The number of pyridine rings is 1. The standard InChI is InChI=1S/C21H25N5O2/c1-16-12-24-18(13-23-16)14-26-15-21(5-2-19(26)27)6-10-25(11-7-21)20(28)17-3-8-22-9-4-17/h3-4,8-9,12-13H,2,5-7,10-11,14-15H2,1H3. The Kier molecular flexibility index (Phi) is 5.07. The molecule has 0 radical (unpaired) electrons. The monoisotopic (exact) mass is 379 g/mol. The maximum Gasteiger partial charge on any atom is 0.253 e. The second kappa shape index (κ2) is 7.66. The average Bonchev–Trinajstić information content (AvgIpc) is 2.73. The van der Waals surface area contributed by atoms with E-state index in [2.05, 4.69) is 15.0 Å². The van der Waals surface area contributed by atoms with Gasteiger partial charge in [-0.2, -0.15) is 0 Å². The minimum absolute atomic E-state index is 0.0657. The summed E-state index contributed by atoms with van der Waals surface area (Å²) < 4.78 is 0. The minimum Gasteiger partial charge on any atom is -0.339 e. The van der Waals surface area contributed by atoms with Crippen molar-refractivity contribution in [2.45, 2.75) is 39.2 Å². The Morgan fingerprint density at radius 1 is 1.11 bits per heavy atom. The van der Waals surface area contributed by atoms with E-state index >= 15 is 0 Å². The largest absolute Gasteiger partial charge is 0.339 e. The Balaban J connectivity index is 1.39. The smallest absolute Gasteiger partial charge is 0.253 e. The number of aromatic nitrogens is 3. The molecule has 2 aromatic heterocycles. The SMILES string of the molecule is Cc1cnc(CN2CC3(CCC2=O)CCN(C(=O)c2ccncc2)CC3)cn1. The molecular weight excluding hydrogens is 354 g/mol. The van der Waals surface area contributed by atoms with Crippen LogP contribution in [0, 0.1) is 12.3 Å². The quantitative estimate of drug-likeness (QED) is 0.817. The summed E-state index contributed by atoms with van der Waals surface area (Å²) in [7, 11) is 0. The highest BCUT2D eigenvalue weighted by molar-refractivity contribution is 5.94. The summed E-state index contributed by atoms with van der Waals surface area (Å²) in [4.78, 5) is 41.6. The van der Waals surface area contributed by atoms with Crippen LogP contribution in [0.15, 0.2) is 36.9 Å². The van der Waals surface area contributed by atoms with Crippen LogP contribution >= 0.6 is 0 Å². The van der Waals surface area contributed by atoms with Crippen LogP contribution in [0.3, 0.4) is 0 Å². The van der Waals surface area contributed by atoms with Gasteiger partial charge in [-0.3, -0.25) is 24.5 Å². The number of nitrogens with zero attached hydrogens (tertiary/aromatic N) is 5. The molecule has 146 valence electrons. The molecule has 2 saturated heterocycles. The number of carbonyl (C=O) groups is 2. The molecule has 28 heavy (non-hydrogen) atoms. The van der Waals surface area contributed by atoms with E-state index in [1.54, 1.807) is 36.9 Å². The zero-order valence-corrected chi connectivity index (χ0v) is 16.2. The lowest BCUT2D eigenvalue weighted by molar-refractivity contribution is -0.139. The molecule has 7 nitrogen and oxygen atoms in total. The highest BCUT2D eigenvalue weighted by atomic mass is 16.2. The molecule has 2 amide bonds. The van der Waals surface area contributed by atoms with Crippen LogP contribution in [-0.2, 0) is 11.3 Å². The van der Waals surface area contributed by atoms with Gasteiger partial charge in [0, 0.05) is 50.2 Å². The Labute approximate surface area is 164 Å². The molecule has 2 fully saturated rings. The van der Waals surface area contributed by atoms with Crippen LogP contribution in [0.4, 0.5) is 0 Å². The summed E-state index contributed by atoms with van der Waals surface area (Å²) in [5.41, 5.74) is 2.48. The fraction of sp³-hybridized carbons (Fsp3) is 0.476. The molecule has 1 spiro atoms. The normalized spacial score (nSPS) is 19.1. The van der Waals surface area contributed by atoms with Crippen molar-refractivity contribution in [2.24, 2.45) is 5.41 Å². The fourth-order valence-electron chi connectivity index (χ4n) is 4.21. The van der Waals surface area contributed by atoms with Gasteiger partial charge in [0.2, 0.25) is 5.91 Å². The number of amides is 2. The molecule has 0 saturated carbocycles. The number of hydrogen-bond acceptors (Lipinski definition) is 5. The maximum absolute atomic E-state index is 12.7. The van der Waals surface area contributed by atoms with Gasteiger partial charge in [-0.25, -0.2) is 0 Å². The first-order chi connectivity index (χ1) is 13.5. The highest BCUT2D eigenvalue weighted by Gasteiger charge is 2.41. The molecule has 0 atom stereocenters. The summed E-state index contributed by atoms with van der Waals surface area (Å²) in [5, 5.41) is 0. The summed E-state index contributed by atoms with van der Waals surface area (Å²) in [6, 6.07) is 3.52. The molecule has 0 aromatic carbocycles. The molecule has 2 aromatic rings. The average molecular weight is 379 g/mol. The van der Waals surface area contributed by atoms with Gasteiger partial charge in [0.15, 0.2) is 0 Å². The first-order valence-electron chi connectivity index (χ1n) is 9.79. The van der Waals surface area contributed by atoms with Crippen LogP contribution in [-0.4, -0.2) is 56.2 Å². The van der Waals surface area contributed by atoms with Crippen LogP contribution < -0.4 is 0 Å². The lowest BCUT2D eigenvalue weighted by Crippen LogP contribution is -2.52. The van der Waals surface area contributed by atoms with Gasteiger partial charge in [0.05, 0.1) is 24.1 Å². The molecule has 0 bridgehead atoms. The highest BCUT2D eigenvalue weighted by Crippen LogP contribution is 2.40. The molecular formula is C21H25N5O2. The number of carbonyl (C=O) groups excluding carboxylic acids is 2. The van der Waals surface area contributed by atoms with E-state index in [4.69, 9.17) is 0 Å². The number of piperidine rings is 2. The third kappa shape index (κ3) is 3.88. The summed E-state index contributed by atoms with van der Waals surface area (Å²) in [6.45, 7) is 4.60. The number of aryl methyl sites for hydroxylation is 1. The maximum atomic E-state index is 12.7. The van der Waals surface area contributed by atoms with Gasteiger partial charge in [0.1, 0.15) is 0 Å². The third-order valence-electron chi connectivity index (χ3n) is 5.97. The van der Waals surface area contributed by atoms with Crippen molar-refractivity contribution < 1.29 is 9.59 Å². The Morgan fingerprint density at radius 2 is 1.86 bits per heavy atom. The topological polar surface area (TPSA) is 79.3 Å². The zero-order chi connectivity index (χ0) is 19.6. The van der Waals surface area contributed by atoms with Crippen LogP contribution in [0.1, 0.15) is 47.4 Å². The number of rotatable bonds is 3. The summed E-state index contributed by atoms with van der Waals surface area (Å²) >= 11 is 0. The van der Waals surface area contributed by atoms with Crippen LogP contribution in [0.25, 0.3) is 0 Å². The van der Waals surface area contributed by atoms with Crippen molar-refractivity contribution in [3.05, 3.63) is 53.9 Å². The lowest BCUT2D eigenvalue weighted by atomic mass is 9.72. The van der Waals surface area contributed by atoms with Gasteiger partial charge >= 0.3 is 0 Å². The summed E-state index contributed by atoms with van der Waals surface area (Å²) in [6.07, 6.45) is 10.1. The van der Waals surface area contributed by atoms with Gasteiger partial charge < -0.3 is 9.80 Å². The number of hydrogen-bond donors (Lipinski definition) is 0. The Morgan fingerprint density at radius 3 is 2.54 bits per heavy atom. The van der Waals surface area contributed by atoms with Crippen molar-refractivity contribution in [1.29, 1.82) is 0 Å². The lowest BCUT2D eigenvalue weighted by Gasteiger charge is -2.47. The van der Waals surface area contributed by atoms with Crippen LogP contribution in [0.2, 0.25) is 0 Å². The molecule has 0 aliphatic carbocycles. The van der Waals surface area contributed by atoms with Crippen molar-refractivity contribution in [1.82, 2.24) is 24.8 Å². The second-order valence-corrected chi connectivity index (χ2v) is 7.93. The van der Waals surface area contributed by atoms with Crippen molar-refractivity contribution in [3.8, 4) is 0 Å². The Bertz CT molecular complexity index is 845. The fourth-order valence-corrected chi connectivity index (χ4v) is 4.21. The molecule has 0 N–H and O–H groups in total. The van der Waals surface area contributed by atoms with Crippen molar-refractivity contribution in [2.75, 3.05) is 19.6 Å². The van der Waals surface area contributed by atoms with Gasteiger partial charge in [-0.05, 0) is 43.7 Å². The van der Waals surface area contributed by atoms with E-state index in [1.165, 1.54) is 0 Å². The second-order valence-electron chi connectivity index (χ2n) is 7.93. The van der Waals surface area contributed by atoms with E-state index in [1.807, 2.05) is 16.7 Å². The van der Waals surface area contributed by atoms with E-state index < -0.39 is 0 Å². The van der Waals surface area contributed by atoms with Crippen LogP contribution in [0.5, 0.6) is 0 Å².